The van der Waals surface area contributed by atoms with Gasteiger partial charge in [0.05, 0.1) is 11.3 Å². The molecule has 2 heterocycles. The molecule has 1 N–H and O–H groups in total. The summed E-state index contributed by atoms with van der Waals surface area (Å²) < 4.78 is 1.65. The van der Waals surface area contributed by atoms with Gasteiger partial charge in [-0.05, 0) is 19.1 Å². The Hall–Kier alpha value is -1.89. The molecular formula is C15H17ClN4O2. The summed E-state index contributed by atoms with van der Waals surface area (Å²) in [6.07, 6.45) is 0. The maximum atomic E-state index is 12.7. The van der Waals surface area contributed by atoms with Crippen molar-refractivity contribution in [2.45, 2.75) is 13.0 Å². The topological polar surface area (TPSA) is 65.6 Å². The van der Waals surface area contributed by atoms with Crippen LogP contribution in [0.1, 0.15) is 22.9 Å². The first-order valence-corrected chi connectivity index (χ1v) is 7.36. The normalized spacial score (nSPS) is 21.7. The summed E-state index contributed by atoms with van der Waals surface area (Å²) in [5, 5.41) is 17.5. The molecule has 0 saturated carbocycles. The van der Waals surface area contributed by atoms with Crippen molar-refractivity contribution in [3.8, 4) is 0 Å². The predicted octanol–water partition coefficient (Wildman–Crippen LogP) is 0.830. The highest BCUT2D eigenvalue weighted by atomic mass is 35.5. The van der Waals surface area contributed by atoms with Crippen molar-refractivity contribution in [1.82, 2.24) is 9.78 Å². The molecule has 2 unspecified atom stereocenters. The number of hydrogen-bond donors (Lipinski definition) is 1. The number of aryl methyl sites for hydroxylation is 2. The minimum Gasteiger partial charge on any atom is -0.633 e. The van der Waals surface area contributed by atoms with Crippen molar-refractivity contribution in [1.29, 1.82) is 0 Å². The zero-order valence-electron chi connectivity index (χ0n) is 12.6. The number of halogens is 1. The summed E-state index contributed by atoms with van der Waals surface area (Å²) in [6.45, 7) is 1.73. The van der Waals surface area contributed by atoms with Gasteiger partial charge < -0.3 is 10.3 Å². The zero-order valence-corrected chi connectivity index (χ0v) is 13.4. The Morgan fingerprint density at radius 3 is 2.82 bits per heavy atom. The second-order valence-electron chi connectivity index (χ2n) is 5.53. The van der Waals surface area contributed by atoms with Crippen LogP contribution in [0.5, 0.6) is 0 Å². The number of quaternary nitrogens is 1. The fourth-order valence-electron chi connectivity index (χ4n) is 3.09. The molecule has 0 saturated heterocycles. The average molecular weight is 321 g/mol. The van der Waals surface area contributed by atoms with E-state index in [9.17, 15) is 10.0 Å². The number of benzene rings is 1. The summed E-state index contributed by atoms with van der Waals surface area (Å²) >= 11 is 6.07. The van der Waals surface area contributed by atoms with Crippen LogP contribution in [-0.2, 0) is 11.8 Å². The fraction of sp³-hybridized carbons (Fsp3) is 0.333. The van der Waals surface area contributed by atoms with Crippen LogP contribution < -0.4 is 9.96 Å². The van der Waals surface area contributed by atoms with Crippen LogP contribution in [0.4, 0.5) is 5.82 Å². The van der Waals surface area contributed by atoms with Crippen molar-refractivity contribution >= 4 is 23.3 Å². The first-order chi connectivity index (χ1) is 10.4. The number of carbonyl (C=O) groups excluding carboxylic acids is 1. The molecule has 1 amide bonds. The molecular weight excluding hydrogens is 304 g/mol. The highest BCUT2D eigenvalue weighted by Gasteiger charge is 2.36. The Labute approximate surface area is 133 Å². The number of hydroxylamine groups is 2. The van der Waals surface area contributed by atoms with Crippen LogP contribution >= 0.6 is 11.6 Å². The van der Waals surface area contributed by atoms with Gasteiger partial charge in [-0.1, -0.05) is 23.7 Å². The molecule has 116 valence electrons. The molecule has 0 fully saturated rings. The number of amides is 1. The number of nitrogens with zero attached hydrogens (tertiary/aromatic N) is 3. The van der Waals surface area contributed by atoms with Crippen LogP contribution in [0.2, 0.25) is 5.02 Å². The number of likely N-dealkylation sites (N-methyl/N-ethyl adjacent to an activating group) is 1. The van der Waals surface area contributed by atoms with Gasteiger partial charge in [0.25, 0.3) is 5.91 Å². The Morgan fingerprint density at radius 1 is 1.41 bits per heavy atom. The van der Waals surface area contributed by atoms with Gasteiger partial charge in [-0.15, -0.1) is 0 Å². The van der Waals surface area contributed by atoms with Gasteiger partial charge in [0.2, 0.25) is 0 Å². The highest BCUT2D eigenvalue weighted by Crippen LogP contribution is 2.33. The van der Waals surface area contributed by atoms with Crippen molar-refractivity contribution in [3.63, 3.8) is 0 Å². The number of aromatic nitrogens is 2. The molecule has 0 radical (unpaired) electrons. The second kappa shape index (κ2) is 5.39. The quantitative estimate of drug-likeness (QED) is 0.792. The monoisotopic (exact) mass is 320 g/mol. The molecule has 0 aliphatic carbocycles. The maximum absolute atomic E-state index is 12.7. The van der Waals surface area contributed by atoms with Gasteiger partial charge in [0, 0.05) is 24.7 Å². The lowest BCUT2D eigenvalue weighted by Crippen LogP contribution is -3.08. The van der Waals surface area contributed by atoms with Crippen LogP contribution in [0.25, 0.3) is 0 Å². The molecule has 0 bridgehead atoms. The van der Waals surface area contributed by atoms with Crippen LogP contribution in [0.15, 0.2) is 24.3 Å². The summed E-state index contributed by atoms with van der Waals surface area (Å²) in [4.78, 5) is 13.7. The largest absolute Gasteiger partial charge is 0.633 e. The third kappa shape index (κ3) is 2.29. The van der Waals surface area contributed by atoms with Crippen molar-refractivity contribution in [2.24, 2.45) is 7.05 Å². The van der Waals surface area contributed by atoms with E-state index in [2.05, 4.69) is 5.10 Å². The maximum Gasteiger partial charge on any atom is 0.283 e. The zero-order chi connectivity index (χ0) is 16.0. The molecule has 2 aromatic rings. The highest BCUT2D eigenvalue weighted by molar-refractivity contribution is 6.30. The number of hydrogen-bond acceptors (Lipinski definition) is 3. The Kier molecular flexibility index (Phi) is 3.68. The summed E-state index contributed by atoms with van der Waals surface area (Å²) in [6, 6.07) is 6.69. The van der Waals surface area contributed by atoms with E-state index in [1.54, 1.807) is 30.9 Å². The lowest BCUT2D eigenvalue weighted by molar-refractivity contribution is -0.866. The van der Waals surface area contributed by atoms with E-state index in [1.807, 2.05) is 19.1 Å². The van der Waals surface area contributed by atoms with E-state index in [4.69, 9.17) is 11.6 Å². The van der Waals surface area contributed by atoms with E-state index in [0.717, 1.165) is 16.8 Å². The van der Waals surface area contributed by atoms with Crippen molar-refractivity contribution in [3.05, 3.63) is 51.3 Å². The number of carbonyl (C=O) groups is 1. The average Bonchev–Trinajstić information content (AvgIpc) is 2.67. The smallest absolute Gasteiger partial charge is 0.283 e. The van der Waals surface area contributed by atoms with Crippen molar-refractivity contribution < 1.29 is 9.86 Å². The third-order valence-electron chi connectivity index (χ3n) is 4.05. The summed E-state index contributed by atoms with van der Waals surface area (Å²) in [5.74, 6) is 0.442. The fourth-order valence-corrected chi connectivity index (χ4v) is 3.28. The minimum atomic E-state index is -0.517. The Bertz CT molecular complexity index is 743. The van der Waals surface area contributed by atoms with E-state index in [0.29, 0.717) is 10.8 Å². The Morgan fingerprint density at radius 2 is 2.14 bits per heavy atom. The number of rotatable bonds is 1. The van der Waals surface area contributed by atoms with E-state index >= 15 is 0 Å². The third-order valence-corrected chi connectivity index (χ3v) is 4.28. The van der Waals surface area contributed by atoms with E-state index in [-0.39, 0.29) is 17.5 Å². The predicted molar refractivity (Wildman–Crippen MR) is 83.8 cm³/mol. The molecule has 0 spiro atoms. The molecule has 22 heavy (non-hydrogen) atoms. The number of nitrogens with one attached hydrogen (secondary N) is 1. The minimum absolute atomic E-state index is 0.123. The molecule has 1 aromatic heterocycles. The molecule has 1 aliphatic rings. The summed E-state index contributed by atoms with van der Waals surface area (Å²) in [7, 11) is 3.45. The van der Waals surface area contributed by atoms with Crippen LogP contribution in [-0.4, -0.2) is 29.3 Å². The first kappa shape index (κ1) is 15.0. The van der Waals surface area contributed by atoms with E-state index < -0.39 is 6.04 Å². The second-order valence-corrected chi connectivity index (χ2v) is 5.97. The SMILES string of the molecule is Cc1nn(C)c2c1C(c1cccc(Cl)c1)[NH+]([O-])CC(=O)N2C. The molecule has 7 heteroatoms. The van der Waals surface area contributed by atoms with Crippen LogP contribution in [0, 0.1) is 12.1 Å². The van der Waals surface area contributed by atoms with Gasteiger partial charge >= 0.3 is 0 Å². The van der Waals surface area contributed by atoms with Gasteiger partial charge in [-0.3, -0.25) is 14.4 Å². The molecule has 3 rings (SSSR count). The van der Waals surface area contributed by atoms with Gasteiger partial charge in [-0.25, -0.2) is 0 Å². The van der Waals surface area contributed by atoms with Gasteiger partial charge in [-0.2, -0.15) is 5.10 Å². The van der Waals surface area contributed by atoms with Gasteiger partial charge in [0.1, 0.15) is 11.9 Å². The van der Waals surface area contributed by atoms with E-state index in [1.165, 1.54) is 4.90 Å². The lowest BCUT2D eigenvalue weighted by Gasteiger charge is -2.29. The summed E-state index contributed by atoms with van der Waals surface area (Å²) in [5.41, 5.74) is 2.32. The molecule has 1 aromatic carbocycles. The Balaban J connectivity index is 2.25. The number of anilines is 1. The molecule has 6 nitrogen and oxygen atoms in total. The molecule has 1 aliphatic heterocycles. The standard InChI is InChI=1S/C15H17ClN4O2/c1-9-13-14(10-5-4-6-11(16)7-10)20(22)8-12(21)18(2)15(13)19(3)17-9/h4-7,14,20H,8H2,1-3H3. The lowest BCUT2D eigenvalue weighted by atomic mass is 9.98. The van der Waals surface area contributed by atoms with Crippen LogP contribution in [0.3, 0.4) is 0 Å². The first-order valence-electron chi connectivity index (χ1n) is 6.98. The number of fused-ring (bicyclic) bond motifs is 1. The van der Waals surface area contributed by atoms with Crippen molar-refractivity contribution in [2.75, 3.05) is 18.5 Å². The molecule has 2 atom stereocenters. The van der Waals surface area contributed by atoms with Gasteiger partial charge in [0.15, 0.2) is 6.54 Å².